The van der Waals surface area contributed by atoms with Crippen LogP contribution in [0.2, 0.25) is 10.0 Å². The first-order valence-corrected chi connectivity index (χ1v) is 14.5. The first kappa shape index (κ1) is 29.0. The van der Waals surface area contributed by atoms with Gasteiger partial charge in [-0.15, -0.1) is 0 Å². The maximum atomic E-state index is 13.9. The quantitative estimate of drug-likeness (QED) is 0.321. The zero-order chi connectivity index (χ0) is 29.3. The highest BCUT2D eigenvalue weighted by Gasteiger charge is 2.36. The van der Waals surface area contributed by atoms with Gasteiger partial charge in [0, 0.05) is 23.7 Å². The molecule has 0 N–H and O–H groups in total. The van der Waals surface area contributed by atoms with Crippen LogP contribution in [0.4, 0.5) is 4.79 Å². The van der Waals surface area contributed by atoms with Crippen molar-refractivity contribution in [3.63, 3.8) is 0 Å². The maximum absolute atomic E-state index is 13.9. The molecule has 8 nitrogen and oxygen atoms in total. The smallest absolute Gasteiger partial charge is 0.410 e. The van der Waals surface area contributed by atoms with E-state index in [1.165, 1.54) is 0 Å². The van der Waals surface area contributed by atoms with Gasteiger partial charge in [-0.25, -0.2) is 9.48 Å². The van der Waals surface area contributed by atoms with E-state index < -0.39 is 11.7 Å². The number of fused-ring (bicyclic) bond motifs is 1. The molecule has 0 atom stereocenters. The fraction of sp³-hybridized carbons (Fsp3) is 0.387. The standard InChI is InChI=1S/C31H34Cl2N4O4/c1-31(2,3)41-30(39)36-18-21(16-20-8-11-23(40-4)12-9-20)28-24(19-36)27(29(38)35-14-6-5-7-15-35)34-37(28)26-13-10-22(32)17-25(26)33/h8-13,16-17H,5-7,14-15,18-19H2,1-4H3. The molecule has 0 radical (unpaired) electrons. The van der Waals surface area contributed by atoms with Gasteiger partial charge in [0.2, 0.25) is 0 Å². The van der Waals surface area contributed by atoms with Gasteiger partial charge in [-0.2, -0.15) is 5.10 Å². The zero-order valence-electron chi connectivity index (χ0n) is 23.7. The summed E-state index contributed by atoms with van der Waals surface area (Å²) in [4.78, 5) is 30.7. The minimum absolute atomic E-state index is 0.153. The molecule has 41 heavy (non-hydrogen) atoms. The average molecular weight is 598 g/mol. The predicted molar refractivity (Wildman–Crippen MR) is 161 cm³/mol. The fourth-order valence-electron chi connectivity index (χ4n) is 5.17. The molecule has 216 valence electrons. The molecule has 0 unspecified atom stereocenters. The normalized spacial score (nSPS) is 16.5. The first-order chi connectivity index (χ1) is 19.5. The number of halogens is 2. The Morgan fingerprint density at radius 3 is 2.29 bits per heavy atom. The number of piperidine rings is 1. The highest BCUT2D eigenvalue weighted by molar-refractivity contribution is 6.35. The largest absolute Gasteiger partial charge is 0.497 e. The van der Waals surface area contributed by atoms with E-state index in [9.17, 15) is 9.59 Å². The lowest BCUT2D eigenvalue weighted by atomic mass is 9.97. The predicted octanol–water partition coefficient (Wildman–Crippen LogP) is 7.11. The third kappa shape index (κ3) is 6.39. The molecule has 5 rings (SSSR count). The number of carbonyl (C=O) groups is 2. The lowest BCUT2D eigenvalue weighted by Crippen LogP contribution is -2.41. The second-order valence-corrected chi connectivity index (χ2v) is 12.2. The summed E-state index contributed by atoms with van der Waals surface area (Å²) < 4.78 is 12.8. The summed E-state index contributed by atoms with van der Waals surface area (Å²) in [6.07, 6.45) is 4.52. The number of likely N-dealkylation sites (tertiary alicyclic amines) is 1. The van der Waals surface area contributed by atoms with Gasteiger partial charge < -0.3 is 14.4 Å². The van der Waals surface area contributed by atoms with Crippen molar-refractivity contribution in [3.8, 4) is 11.4 Å². The summed E-state index contributed by atoms with van der Waals surface area (Å²) in [6, 6.07) is 12.8. The van der Waals surface area contributed by atoms with Crippen molar-refractivity contribution in [2.45, 2.75) is 52.2 Å². The Balaban J connectivity index is 1.70. The molecule has 1 fully saturated rings. The van der Waals surface area contributed by atoms with E-state index in [2.05, 4.69) is 0 Å². The van der Waals surface area contributed by atoms with E-state index in [0.717, 1.165) is 41.8 Å². The van der Waals surface area contributed by atoms with Crippen LogP contribution in [0.1, 0.15) is 67.3 Å². The molecule has 1 saturated heterocycles. The molecule has 2 aliphatic heterocycles. The van der Waals surface area contributed by atoms with Crippen molar-refractivity contribution in [2.24, 2.45) is 0 Å². The van der Waals surface area contributed by atoms with E-state index in [1.807, 2.05) is 56.0 Å². The molecule has 3 aromatic rings. The maximum Gasteiger partial charge on any atom is 0.410 e. The Morgan fingerprint density at radius 1 is 0.951 bits per heavy atom. The van der Waals surface area contributed by atoms with Gasteiger partial charge in [-0.3, -0.25) is 9.69 Å². The topological polar surface area (TPSA) is 76.9 Å². The van der Waals surface area contributed by atoms with Gasteiger partial charge in [0.25, 0.3) is 5.91 Å². The molecule has 10 heteroatoms. The number of hydrogen-bond donors (Lipinski definition) is 0. The van der Waals surface area contributed by atoms with E-state index in [0.29, 0.717) is 40.1 Å². The van der Waals surface area contributed by atoms with Gasteiger partial charge in [0.05, 0.1) is 36.6 Å². The lowest BCUT2D eigenvalue weighted by molar-refractivity contribution is 0.0253. The number of amides is 2. The van der Waals surface area contributed by atoms with E-state index in [1.54, 1.807) is 34.9 Å². The summed E-state index contributed by atoms with van der Waals surface area (Å²) >= 11 is 12.9. The van der Waals surface area contributed by atoms with Crippen LogP contribution in [0.5, 0.6) is 5.75 Å². The van der Waals surface area contributed by atoms with Crippen molar-refractivity contribution in [3.05, 3.63) is 75.0 Å². The molecule has 2 aliphatic rings. The Morgan fingerprint density at radius 2 is 1.66 bits per heavy atom. The van der Waals surface area contributed by atoms with Crippen molar-refractivity contribution in [1.29, 1.82) is 0 Å². The number of hydrogen-bond acceptors (Lipinski definition) is 5. The van der Waals surface area contributed by atoms with Crippen LogP contribution in [0, 0.1) is 0 Å². The number of rotatable bonds is 4. The highest BCUT2D eigenvalue weighted by atomic mass is 35.5. The molecule has 0 spiro atoms. The molecule has 0 aliphatic carbocycles. The molecule has 2 aromatic carbocycles. The van der Waals surface area contributed by atoms with Crippen molar-refractivity contribution < 1.29 is 19.1 Å². The Hall–Kier alpha value is -3.49. The number of carbonyl (C=O) groups excluding carboxylic acids is 2. The summed E-state index contributed by atoms with van der Waals surface area (Å²) in [5.74, 6) is 0.582. The van der Waals surface area contributed by atoms with Crippen molar-refractivity contribution in [2.75, 3.05) is 26.7 Å². The third-order valence-corrected chi connectivity index (χ3v) is 7.63. The monoisotopic (exact) mass is 596 g/mol. The molecule has 2 amide bonds. The first-order valence-electron chi connectivity index (χ1n) is 13.7. The van der Waals surface area contributed by atoms with Gasteiger partial charge in [-0.05, 0) is 87.6 Å². The second kappa shape index (κ2) is 11.8. The van der Waals surface area contributed by atoms with E-state index in [4.69, 9.17) is 37.8 Å². The lowest BCUT2D eigenvalue weighted by Gasteiger charge is -2.32. The van der Waals surface area contributed by atoms with Crippen LogP contribution in [0.3, 0.4) is 0 Å². The SMILES string of the molecule is COc1ccc(C=C2CN(C(=O)OC(C)(C)C)Cc3c(C(=O)N4CCCCC4)nn(-c4ccc(Cl)cc4Cl)c32)cc1. The Labute approximate surface area is 250 Å². The summed E-state index contributed by atoms with van der Waals surface area (Å²) in [7, 11) is 1.62. The number of methoxy groups -OCH3 is 1. The minimum atomic E-state index is -0.676. The van der Waals surface area contributed by atoms with Gasteiger partial charge >= 0.3 is 6.09 Å². The van der Waals surface area contributed by atoms with Gasteiger partial charge in [-0.1, -0.05) is 35.3 Å². The molecular weight excluding hydrogens is 563 g/mol. The number of benzene rings is 2. The third-order valence-electron chi connectivity index (χ3n) is 7.09. The van der Waals surface area contributed by atoms with Crippen LogP contribution in [-0.2, 0) is 11.3 Å². The fourth-order valence-corrected chi connectivity index (χ4v) is 5.66. The number of nitrogens with zero attached hydrogens (tertiary/aromatic N) is 4. The van der Waals surface area contributed by atoms with Gasteiger partial charge in [0.15, 0.2) is 5.69 Å². The molecule has 0 bridgehead atoms. The molecule has 3 heterocycles. The highest BCUT2D eigenvalue weighted by Crippen LogP contribution is 2.37. The molecule has 1 aromatic heterocycles. The summed E-state index contributed by atoms with van der Waals surface area (Å²) in [6.45, 7) is 7.27. The molecular formula is C31H34Cl2N4O4. The van der Waals surface area contributed by atoms with Crippen LogP contribution in [-0.4, -0.2) is 63.9 Å². The average Bonchev–Trinajstić information content (AvgIpc) is 3.32. The summed E-state index contributed by atoms with van der Waals surface area (Å²) in [5.41, 5.74) is 3.30. The minimum Gasteiger partial charge on any atom is -0.497 e. The van der Waals surface area contributed by atoms with Gasteiger partial charge in [0.1, 0.15) is 11.4 Å². The second-order valence-electron chi connectivity index (χ2n) is 11.3. The van der Waals surface area contributed by atoms with Crippen LogP contribution in [0.15, 0.2) is 42.5 Å². The van der Waals surface area contributed by atoms with Crippen molar-refractivity contribution in [1.82, 2.24) is 19.6 Å². The van der Waals surface area contributed by atoms with Crippen LogP contribution < -0.4 is 4.74 Å². The number of aromatic nitrogens is 2. The van der Waals surface area contributed by atoms with E-state index in [-0.39, 0.29) is 19.0 Å². The number of ether oxygens (including phenoxy) is 2. The van der Waals surface area contributed by atoms with E-state index >= 15 is 0 Å². The zero-order valence-corrected chi connectivity index (χ0v) is 25.3. The van der Waals surface area contributed by atoms with Crippen LogP contribution in [0.25, 0.3) is 17.3 Å². The molecule has 0 saturated carbocycles. The van der Waals surface area contributed by atoms with Crippen molar-refractivity contribution >= 4 is 46.9 Å². The Kier molecular flexibility index (Phi) is 8.34. The van der Waals surface area contributed by atoms with Crippen LogP contribution >= 0.6 is 23.2 Å². The Bertz CT molecular complexity index is 1480. The summed E-state index contributed by atoms with van der Waals surface area (Å²) in [5, 5.41) is 5.77.